The lowest BCUT2D eigenvalue weighted by Crippen LogP contribution is -2.44. The van der Waals surface area contributed by atoms with Crippen molar-refractivity contribution in [2.45, 2.75) is 58.2 Å². The normalized spacial score (nSPS) is 27.2. The van der Waals surface area contributed by atoms with Gasteiger partial charge in [0.1, 0.15) is 5.75 Å². The molecule has 1 atom stereocenters. The first-order valence-corrected chi connectivity index (χ1v) is 8.50. The summed E-state index contributed by atoms with van der Waals surface area (Å²) in [5.41, 5.74) is 0.327. The maximum Gasteiger partial charge on any atom is 0.494 e. The van der Waals surface area contributed by atoms with Crippen molar-refractivity contribution >= 4 is 24.2 Å². The topological polar surface area (TPSA) is 27.7 Å². The third-order valence-electron chi connectivity index (χ3n) is 5.12. The smallest absolute Gasteiger partial charge is 0.492 e. The largest absolute Gasteiger partial charge is 0.494 e. The molecule has 0 bridgehead atoms. The second kappa shape index (κ2) is 5.74. The molecule has 0 radical (unpaired) electrons. The molecular weight excluding hydrogens is 298 g/mol. The van der Waals surface area contributed by atoms with E-state index in [1.165, 1.54) is 12.8 Å². The number of halogens is 1. The molecule has 22 heavy (non-hydrogen) atoms. The van der Waals surface area contributed by atoms with Gasteiger partial charge in [-0.25, -0.2) is 0 Å². The Bertz CT molecular complexity index is 559. The Kier molecular flexibility index (Phi) is 4.21. The van der Waals surface area contributed by atoms with Gasteiger partial charge in [0.2, 0.25) is 0 Å². The van der Waals surface area contributed by atoms with Crippen LogP contribution in [0.4, 0.5) is 0 Å². The molecule has 0 N–H and O–H groups in total. The van der Waals surface area contributed by atoms with Crippen LogP contribution < -0.4 is 10.2 Å². The predicted molar refractivity (Wildman–Crippen MR) is 90.0 cm³/mol. The van der Waals surface area contributed by atoms with Crippen molar-refractivity contribution in [3.8, 4) is 5.75 Å². The van der Waals surface area contributed by atoms with Crippen LogP contribution in [0.2, 0.25) is 5.02 Å². The summed E-state index contributed by atoms with van der Waals surface area (Å²) in [4.78, 5) is 0. The summed E-state index contributed by atoms with van der Waals surface area (Å²) in [6.45, 7) is 9.13. The highest BCUT2D eigenvalue weighted by Gasteiger charge is 2.53. The zero-order valence-corrected chi connectivity index (χ0v) is 14.6. The molecular formula is C17H24BClO3. The molecule has 0 aromatic heterocycles. The Morgan fingerprint density at radius 2 is 2.00 bits per heavy atom. The van der Waals surface area contributed by atoms with E-state index in [2.05, 4.69) is 27.7 Å². The van der Waals surface area contributed by atoms with Gasteiger partial charge in [-0.1, -0.05) is 24.6 Å². The van der Waals surface area contributed by atoms with Gasteiger partial charge in [-0.3, -0.25) is 0 Å². The van der Waals surface area contributed by atoms with Crippen molar-refractivity contribution in [1.29, 1.82) is 0 Å². The average Bonchev–Trinajstić information content (AvgIpc) is 3.25. The quantitative estimate of drug-likeness (QED) is 0.771. The lowest BCUT2D eigenvalue weighted by molar-refractivity contribution is -0.0118. The fourth-order valence-electron chi connectivity index (χ4n) is 2.71. The van der Waals surface area contributed by atoms with Gasteiger partial charge in [-0.15, -0.1) is 0 Å². The van der Waals surface area contributed by atoms with Gasteiger partial charge >= 0.3 is 7.12 Å². The summed E-state index contributed by atoms with van der Waals surface area (Å²) in [6.07, 6.45) is 3.42. The SMILES string of the molecule is CCC1(C)OB(c2ccc(Cl)c(OCC3CC3)c2)OC1(C)C. The number of ether oxygens (including phenoxy) is 1. The second-order valence-corrected chi connectivity index (χ2v) is 7.51. The molecule has 1 aliphatic carbocycles. The van der Waals surface area contributed by atoms with Crippen LogP contribution in [0.15, 0.2) is 18.2 Å². The maximum absolute atomic E-state index is 6.24. The van der Waals surface area contributed by atoms with Crippen LogP contribution in [0.25, 0.3) is 0 Å². The number of benzene rings is 1. The summed E-state index contributed by atoms with van der Waals surface area (Å²) in [5, 5.41) is 0.639. The fourth-order valence-corrected chi connectivity index (χ4v) is 2.88. The van der Waals surface area contributed by atoms with Crippen LogP contribution in [0.5, 0.6) is 5.75 Å². The molecule has 2 aliphatic rings. The Hall–Kier alpha value is -0.705. The molecule has 1 aromatic carbocycles. The summed E-state index contributed by atoms with van der Waals surface area (Å²) >= 11 is 6.24. The van der Waals surface area contributed by atoms with E-state index in [0.29, 0.717) is 10.9 Å². The van der Waals surface area contributed by atoms with E-state index in [1.54, 1.807) is 0 Å². The van der Waals surface area contributed by atoms with Gasteiger partial charge in [0.25, 0.3) is 0 Å². The Morgan fingerprint density at radius 3 is 2.59 bits per heavy atom. The molecule has 5 heteroatoms. The standard InChI is InChI=1S/C17H24BClO3/c1-5-17(4)16(2,3)21-18(22-17)13-8-9-14(19)15(10-13)20-11-12-6-7-12/h8-10,12H,5-7,11H2,1-4H3. The minimum atomic E-state index is -0.375. The molecule has 3 rings (SSSR count). The van der Waals surface area contributed by atoms with E-state index >= 15 is 0 Å². The van der Waals surface area contributed by atoms with Crippen molar-refractivity contribution in [2.75, 3.05) is 6.61 Å². The third kappa shape index (κ3) is 3.01. The first kappa shape index (κ1) is 16.2. The van der Waals surface area contributed by atoms with Crippen LogP contribution >= 0.6 is 11.6 Å². The van der Waals surface area contributed by atoms with Crippen molar-refractivity contribution in [3.05, 3.63) is 23.2 Å². The highest BCUT2D eigenvalue weighted by Crippen LogP contribution is 2.39. The van der Waals surface area contributed by atoms with Gasteiger partial charge in [-0.05, 0) is 63.5 Å². The fraction of sp³-hybridized carbons (Fsp3) is 0.647. The minimum Gasteiger partial charge on any atom is -0.492 e. The van der Waals surface area contributed by atoms with E-state index < -0.39 is 0 Å². The van der Waals surface area contributed by atoms with Crippen molar-refractivity contribution < 1.29 is 14.0 Å². The molecule has 0 spiro atoms. The summed E-state index contributed by atoms with van der Waals surface area (Å²) in [7, 11) is -0.375. The minimum absolute atomic E-state index is 0.299. The third-order valence-corrected chi connectivity index (χ3v) is 5.43. The van der Waals surface area contributed by atoms with E-state index in [0.717, 1.165) is 24.2 Å². The Labute approximate surface area is 138 Å². The van der Waals surface area contributed by atoms with E-state index in [4.69, 9.17) is 25.6 Å². The molecule has 1 saturated carbocycles. The molecule has 0 amide bonds. The van der Waals surface area contributed by atoms with Gasteiger partial charge in [0.05, 0.1) is 22.8 Å². The van der Waals surface area contributed by atoms with Crippen molar-refractivity contribution in [3.63, 3.8) is 0 Å². The van der Waals surface area contributed by atoms with Crippen LogP contribution in [0.3, 0.4) is 0 Å². The van der Waals surface area contributed by atoms with Gasteiger partial charge in [-0.2, -0.15) is 0 Å². The molecule has 120 valence electrons. The van der Waals surface area contributed by atoms with E-state index in [-0.39, 0.29) is 18.3 Å². The summed E-state index contributed by atoms with van der Waals surface area (Å²) < 4.78 is 18.2. The molecule has 1 heterocycles. The summed E-state index contributed by atoms with van der Waals surface area (Å²) in [6, 6.07) is 5.77. The number of hydrogen-bond acceptors (Lipinski definition) is 3. The van der Waals surface area contributed by atoms with Crippen LogP contribution in [0, 0.1) is 5.92 Å². The molecule has 1 saturated heterocycles. The van der Waals surface area contributed by atoms with Gasteiger partial charge in [0.15, 0.2) is 0 Å². The molecule has 2 fully saturated rings. The lowest BCUT2D eigenvalue weighted by atomic mass is 9.79. The second-order valence-electron chi connectivity index (χ2n) is 7.11. The van der Waals surface area contributed by atoms with Gasteiger partial charge in [0, 0.05) is 0 Å². The van der Waals surface area contributed by atoms with Crippen molar-refractivity contribution in [2.24, 2.45) is 5.92 Å². The zero-order valence-electron chi connectivity index (χ0n) is 13.8. The van der Waals surface area contributed by atoms with E-state index in [9.17, 15) is 0 Å². The molecule has 1 unspecified atom stereocenters. The van der Waals surface area contributed by atoms with Crippen LogP contribution in [-0.4, -0.2) is 24.9 Å². The summed E-state index contributed by atoms with van der Waals surface area (Å²) in [5.74, 6) is 1.42. The predicted octanol–water partition coefficient (Wildman–Crippen LogP) is 3.82. The molecule has 1 aromatic rings. The number of hydrogen-bond donors (Lipinski definition) is 0. The Balaban J connectivity index is 1.78. The zero-order chi connectivity index (χ0) is 16.0. The molecule has 1 aliphatic heterocycles. The molecule has 3 nitrogen and oxygen atoms in total. The van der Waals surface area contributed by atoms with Crippen molar-refractivity contribution in [1.82, 2.24) is 0 Å². The van der Waals surface area contributed by atoms with Crippen LogP contribution in [-0.2, 0) is 9.31 Å². The number of rotatable bonds is 5. The first-order valence-electron chi connectivity index (χ1n) is 8.12. The highest BCUT2D eigenvalue weighted by atomic mass is 35.5. The first-order chi connectivity index (χ1) is 10.3. The maximum atomic E-state index is 6.24. The van der Waals surface area contributed by atoms with Crippen LogP contribution in [0.1, 0.15) is 47.0 Å². The monoisotopic (exact) mass is 322 g/mol. The van der Waals surface area contributed by atoms with Gasteiger partial charge < -0.3 is 14.0 Å². The van der Waals surface area contributed by atoms with E-state index in [1.807, 2.05) is 18.2 Å². The lowest BCUT2D eigenvalue weighted by Gasteiger charge is -2.35. The highest BCUT2D eigenvalue weighted by molar-refractivity contribution is 6.62. The average molecular weight is 323 g/mol. The Morgan fingerprint density at radius 1 is 1.27 bits per heavy atom.